The van der Waals surface area contributed by atoms with Crippen molar-refractivity contribution in [3.05, 3.63) is 58.6 Å². The first-order valence-corrected chi connectivity index (χ1v) is 12.6. The molecule has 1 amide bonds. The summed E-state index contributed by atoms with van der Waals surface area (Å²) in [5.41, 5.74) is 1.03. The molecular formula is C23H30ClN3O4S. The van der Waals surface area contributed by atoms with Crippen LogP contribution in [0.15, 0.2) is 47.4 Å². The minimum atomic E-state index is -3.91. The maximum atomic E-state index is 12.9. The van der Waals surface area contributed by atoms with Gasteiger partial charge in [0.15, 0.2) is 0 Å². The van der Waals surface area contributed by atoms with Gasteiger partial charge in [-0.3, -0.25) is 9.69 Å². The fraction of sp³-hybridized carbons (Fsp3) is 0.435. The summed E-state index contributed by atoms with van der Waals surface area (Å²) in [6.45, 7) is 4.62. The fourth-order valence-corrected chi connectivity index (χ4v) is 5.13. The van der Waals surface area contributed by atoms with Gasteiger partial charge in [0, 0.05) is 36.3 Å². The average Bonchev–Trinajstić information content (AvgIpc) is 2.79. The Morgan fingerprint density at radius 1 is 1.19 bits per heavy atom. The second kappa shape index (κ2) is 11.1. The van der Waals surface area contributed by atoms with Crippen LogP contribution in [0, 0.1) is 0 Å². The molecule has 2 aromatic rings. The lowest BCUT2D eigenvalue weighted by Crippen LogP contribution is -2.42. The quantitative estimate of drug-likeness (QED) is 0.575. The molecule has 9 heteroatoms. The van der Waals surface area contributed by atoms with Crippen LogP contribution in [0.1, 0.15) is 42.1 Å². The van der Waals surface area contributed by atoms with Crippen LogP contribution >= 0.6 is 11.6 Å². The van der Waals surface area contributed by atoms with Crippen molar-refractivity contribution in [2.45, 2.75) is 43.7 Å². The van der Waals surface area contributed by atoms with E-state index in [9.17, 15) is 13.2 Å². The number of rotatable bonds is 9. The monoisotopic (exact) mass is 479 g/mol. The molecule has 7 nitrogen and oxygen atoms in total. The smallest absolute Gasteiger partial charge is 0.251 e. The number of benzene rings is 2. The van der Waals surface area contributed by atoms with Gasteiger partial charge in [-0.25, -0.2) is 13.1 Å². The van der Waals surface area contributed by atoms with Crippen molar-refractivity contribution >= 4 is 27.5 Å². The molecule has 0 bridgehead atoms. The van der Waals surface area contributed by atoms with Gasteiger partial charge >= 0.3 is 0 Å². The molecule has 1 aliphatic rings. The van der Waals surface area contributed by atoms with Crippen LogP contribution in [-0.4, -0.2) is 52.0 Å². The summed E-state index contributed by atoms with van der Waals surface area (Å²) in [7, 11) is -2.51. The molecule has 1 saturated heterocycles. The van der Waals surface area contributed by atoms with Crippen molar-refractivity contribution in [2.75, 3.05) is 26.7 Å². The molecule has 1 aliphatic heterocycles. The summed E-state index contributed by atoms with van der Waals surface area (Å²) < 4.78 is 33.6. The number of likely N-dealkylation sites (tertiary alicyclic amines) is 1. The van der Waals surface area contributed by atoms with Crippen LogP contribution in [0.25, 0.3) is 0 Å². The van der Waals surface area contributed by atoms with Gasteiger partial charge in [-0.05, 0) is 62.2 Å². The van der Waals surface area contributed by atoms with Gasteiger partial charge in [-0.2, -0.15) is 0 Å². The van der Waals surface area contributed by atoms with Crippen molar-refractivity contribution in [1.29, 1.82) is 0 Å². The zero-order valence-electron chi connectivity index (χ0n) is 18.4. The molecule has 0 spiro atoms. The summed E-state index contributed by atoms with van der Waals surface area (Å²) in [4.78, 5) is 15.0. The van der Waals surface area contributed by atoms with Gasteiger partial charge in [-0.15, -0.1) is 0 Å². The molecule has 0 saturated carbocycles. The van der Waals surface area contributed by atoms with Crippen molar-refractivity contribution in [3.63, 3.8) is 0 Å². The van der Waals surface area contributed by atoms with E-state index in [1.165, 1.54) is 38.5 Å². The number of piperidine rings is 1. The average molecular weight is 480 g/mol. The molecule has 174 valence electrons. The lowest BCUT2D eigenvalue weighted by molar-refractivity contribution is 0.0938. The topological polar surface area (TPSA) is 87.7 Å². The number of carbonyl (C=O) groups is 1. The third-order valence-corrected chi connectivity index (χ3v) is 7.39. The molecule has 0 radical (unpaired) electrons. The predicted molar refractivity (Wildman–Crippen MR) is 126 cm³/mol. The lowest BCUT2D eigenvalue weighted by Gasteiger charge is -2.33. The third-order valence-electron chi connectivity index (χ3n) is 5.72. The van der Waals surface area contributed by atoms with E-state index in [-0.39, 0.29) is 28.7 Å². The highest BCUT2D eigenvalue weighted by Crippen LogP contribution is 2.25. The number of sulfonamides is 1. The fourth-order valence-electron chi connectivity index (χ4n) is 3.79. The Morgan fingerprint density at radius 3 is 2.62 bits per heavy atom. The highest BCUT2D eigenvalue weighted by atomic mass is 35.5. The highest BCUT2D eigenvalue weighted by Gasteiger charge is 2.22. The maximum absolute atomic E-state index is 12.9. The van der Waals surface area contributed by atoms with E-state index in [1.54, 1.807) is 30.3 Å². The van der Waals surface area contributed by atoms with Crippen LogP contribution < -0.4 is 14.8 Å². The van der Waals surface area contributed by atoms with Gasteiger partial charge in [0.1, 0.15) is 10.6 Å². The Morgan fingerprint density at radius 2 is 1.94 bits per heavy atom. The number of hydrogen-bond acceptors (Lipinski definition) is 5. The van der Waals surface area contributed by atoms with Crippen LogP contribution in [0.5, 0.6) is 5.75 Å². The second-order valence-electron chi connectivity index (χ2n) is 7.95. The minimum Gasteiger partial charge on any atom is -0.495 e. The van der Waals surface area contributed by atoms with E-state index in [1.807, 2.05) is 0 Å². The van der Waals surface area contributed by atoms with E-state index < -0.39 is 10.0 Å². The van der Waals surface area contributed by atoms with Gasteiger partial charge in [0.25, 0.3) is 5.91 Å². The molecule has 1 fully saturated rings. The highest BCUT2D eigenvalue weighted by molar-refractivity contribution is 7.89. The Kier molecular flexibility index (Phi) is 8.53. The summed E-state index contributed by atoms with van der Waals surface area (Å²) >= 11 is 5.88. The van der Waals surface area contributed by atoms with Crippen molar-refractivity contribution in [3.8, 4) is 5.75 Å². The van der Waals surface area contributed by atoms with Crippen molar-refractivity contribution in [2.24, 2.45) is 0 Å². The largest absolute Gasteiger partial charge is 0.495 e. The number of nitrogens with zero attached hydrogens (tertiary/aromatic N) is 1. The Balaban J connectivity index is 1.66. The first kappa shape index (κ1) is 24.5. The molecule has 1 atom stereocenters. The van der Waals surface area contributed by atoms with Crippen LogP contribution in [-0.2, 0) is 16.6 Å². The molecule has 32 heavy (non-hydrogen) atoms. The first-order chi connectivity index (χ1) is 15.3. The van der Waals surface area contributed by atoms with Crippen molar-refractivity contribution < 1.29 is 17.9 Å². The molecule has 2 N–H and O–H groups in total. The SMILES string of the molecule is COc1ccc(C(=O)NCCN2CCCCC2C)cc1S(=O)(=O)NCc1ccc(Cl)cc1. The van der Waals surface area contributed by atoms with E-state index in [0.717, 1.165) is 18.7 Å². The molecule has 0 aromatic heterocycles. The number of ether oxygens (including phenoxy) is 1. The number of nitrogens with one attached hydrogen (secondary N) is 2. The Labute approximate surface area is 195 Å². The summed E-state index contributed by atoms with van der Waals surface area (Å²) in [5, 5.41) is 3.47. The normalized spacial score (nSPS) is 17.2. The Bertz CT molecular complexity index is 1030. The molecule has 3 rings (SSSR count). The van der Waals surface area contributed by atoms with E-state index in [0.29, 0.717) is 17.6 Å². The lowest BCUT2D eigenvalue weighted by atomic mass is 10.0. The number of hydrogen-bond donors (Lipinski definition) is 2. The van der Waals surface area contributed by atoms with Crippen LogP contribution in [0.4, 0.5) is 0 Å². The summed E-state index contributed by atoms with van der Waals surface area (Å²) in [6, 6.07) is 11.8. The molecule has 1 unspecified atom stereocenters. The first-order valence-electron chi connectivity index (χ1n) is 10.7. The number of carbonyl (C=O) groups excluding carboxylic acids is 1. The summed E-state index contributed by atoms with van der Waals surface area (Å²) in [6.07, 6.45) is 3.61. The van der Waals surface area contributed by atoms with Gasteiger partial charge < -0.3 is 10.1 Å². The molecule has 0 aliphatic carbocycles. The second-order valence-corrected chi connectivity index (χ2v) is 10.1. The molecule has 1 heterocycles. The van der Waals surface area contributed by atoms with Crippen molar-refractivity contribution in [1.82, 2.24) is 14.9 Å². The molecule has 2 aromatic carbocycles. The van der Waals surface area contributed by atoms with E-state index in [2.05, 4.69) is 21.9 Å². The van der Waals surface area contributed by atoms with Gasteiger partial charge in [0.05, 0.1) is 7.11 Å². The standard InChI is InChI=1S/C23H30ClN3O4S/c1-17-5-3-4-13-27(17)14-12-25-23(28)19-8-11-21(31-2)22(15-19)32(29,30)26-16-18-6-9-20(24)10-7-18/h6-11,15,17,26H,3-5,12-14,16H2,1-2H3,(H,25,28). The Hall–Kier alpha value is -2.13. The number of halogens is 1. The summed E-state index contributed by atoms with van der Waals surface area (Å²) in [5.74, 6) is -0.140. The van der Waals surface area contributed by atoms with Crippen LogP contribution in [0.3, 0.4) is 0 Å². The number of amides is 1. The van der Waals surface area contributed by atoms with E-state index in [4.69, 9.17) is 16.3 Å². The third kappa shape index (κ3) is 6.45. The van der Waals surface area contributed by atoms with Gasteiger partial charge in [0.2, 0.25) is 10.0 Å². The van der Waals surface area contributed by atoms with Crippen LogP contribution in [0.2, 0.25) is 5.02 Å². The zero-order valence-corrected chi connectivity index (χ0v) is 20.0. The zero-order chi connectivity index (χ0) is 23.1. The number of methoxy groups -OCH3 is 1. The predicted octanol–water partition coefficient (Wildman–Crippen LogP) is 3.43. The van der Waals surface area contributed by atoms with E-state index >= 15 is 0 Å². The van der Waals surface area contributed by atoms with Gasteiger partial charge in [-0.1, -0.05) is 30.2 Å². The maximum Gasteiger partial charge on any atom is 0.251 e. The molecular weight excluding hydrogens is 450 g/mol. The minimum absolute atomic E-state index is 0.0775.